The minimum atomic E-state index is -0.489. The van der Waals surface area contributed by atoms with Gasteiger partial charge in [-0.25, -0.2) is 4.79 Å². The molecule has 0 radical (unpaired) electrons. The molecule has 19 heavy (non-hydrogen) atoms. The number of hydrogen-bond acceptors (Lipinski definition) is 6. The number of aryl methyl sites for hydroxylation is 1. The minimum Gasteiger partial charge on any atom is -0.310 e. The van der Waals surface area contributed by atoms with Gasteiger partial charge in [-0.15, -0.1) is 10.2 Å². The molecule has 0 spiro atoms. The second-order valence-corrected chi connectivity index (χ2v) is 3.98. The molecule has 2 aromatic rings. The Balaban J connectivity index is 2.50. The van der Waals surface area contributed by atoms with E-state index in [4.69, 9.17) is 0 Å². The van der Waals surface area contributed by atoms with Gasteiger partial charge in [-0.05, 0) is 6.92 Å². The van der Waals surface area contributed by atoms with Crippen molar-refractivity contribution >= 4 is 11.8 Å². The number of hydrogen-bond donors (Lipinski definition) is 2. The Labute approximate surface area is 106 Å². The van der Waals surface area contributed by atoms with Crippen molar-refractivity contribution in [3.05, 3.63) is 43.0 Å². The van der Waals surface area contributed by atoms with E-state index in [1.807, 2.05) is 0 Å². The van der Waals surface area contributed by atoms with E-state index in [0.29, 0.717) is 0 Å². The molecule has 0 aromatic carbocycles. The Morgan fingerprint density at radius 1 is 1.16 bits per heavy atom. The van der Waals surface area contributed by atoms with E-state index >= 15 is 0 Å². The topological polar surface area (TPSA) is 115 Å². The van der Waals surface area contributed by atoms with Crippen LogP contribution in [0.2, 0.25) is 0 Å². The summed E-state index contributed by atoms with van der Waals surface area (Å²) < 4.78 is 2.19. The van der Waals surface area contributed by atoms with Crippen molar-refractivity contribution < 1.29 is 0 Å². The number of anilines is 2. The van der Waals surface area contributed by atoms with Gasteiger partial charge in [0.2, 0.25) is 5.95 Å². The normalized spacial score (nSPS) is 10.5. The Hall–Kier alpha value is -2.71. The van der Waals surface area contributed by atoms with Crippen LogP contribution in [0.15, 0.2) is 20.4 Å². The highest BCUT2D eigenvalue weighted by atomic mass is 16.2. The van der Waals surface area contributed by atoms with Crippen molar-refractivity contribution in [2.75, 3.05) is 5.32 Å². The SMILES string of the molecule is Cc1nnc(Nc2cc(=O)n(C)c(=O)n2C)[nH]c1=O. The maximum absolute atomic E-state index is 11.7. The Morgan fingerprint density at radius 3 is 2.47 bits per heavy atom. The van der Waals surface area contributed by atoms with Crippen LogP contribution in [0.25, 0.3) is 0 Å². The van der Waals surface area contributed by atoms with Gasteiger partial charge >= 0.3 is 5.69 Å². The summed E-state index contributed by atoms with van der Waals surface area (Å²) in [6.07, 6.45) is 0. The molecule has 0 unspecified atom stereocenters. The first-order chi connectivity index (χ1) is 8.90. The van der Waals surface area contributed by atoms with E-state index in [0.717, 1.165) is 4.57 Å². The summed E-state index contributed by atoms with van der Waals surface area (Å²) in [6.45, 7) is 1.52. The lowest BCUT2D eigenvalue weighted by Gasteiger charge is -2.10. The number of nitrogens with one attached hydrogen (secondary N) is 2. The second kappa shape index (κ2) is 4.52. The van der Waals surface area contributed by atoms with Crippen molar-refractivity contribution in [3.63, 3.8) is 0 Å². The van der Waals surface area contributed by atoms with E-state index in [2.05, 4.69) is 20.5 Å². The van der Waals surface area contributed by atoms with Crippen LogP contribution in [0.1, 0.15) is 5.69 Å². The molecule has 0 aliphatic carbocycles. The summed E-state index contributed by atoms with van der Waals surface area (Å²) in [5.74, 6) is 0.265. The maximum atomic E-state index is 11.7. The first kappa shape index (κ1) is 12.7. The Morgan fingerprint density at radius 2 is 1.84 bits per heavy atom. The van der Waals surface area contributed by atoms with Crippen molar-refractivity contribution in [2.45, 2.75) is 6.92 Å². The molecule has 2 heterocycles. The van der Waals surface area contributed by atoms with Crippen molar-refractivity contribution in [3.8, 4) is 0 Å². The van der Waals surface area contributed by atoms with Crippen molar-refractivity contribution in [1.29, 1.82) is 0 Å². The molecule has 0 atom stereocenters. The number of rotatable bonds is 2. The lowest BCUT2D eigenvalue weighted by molar-refractivity contribution is 0.691. The van der Waals surface area contributed by atoms with E-state index in [9.17, 15) is 14.4 Å². The molecule has 0 saturated carbocycles. The first-order valence-electron chi connectivity index (χ1n) is 5.38. The molecule has 100 valence electrons. The smallest absolute Gasteiger partial charge is 0.310 e. The number of nitrogens with zero attached hydrogens (tertiary/aromatic N) is 4. The van der Waals surface area contributed by atoms with Crippen LogP contribution < -0.4 is 22.1 Å². The second-order valence-electron chi connectivity index (χ2n) is 3.98. The summed E-state index contributed by atoms with van der Waals surface area (Å²) in [7, 11) is 2.87. The zero-order valence-corrected chi connectivity index (χ0v) is 10.6. The lowest BCUT2D eigenvalue weighted by Crippen LogP contribution is -2.37. The van der Waals surface area contributed by atoms with Crippen LogP contribution in [-0.4, -0.2) is 24.3 Å². The molecule has 2 aromatic heterocycles. The average Bonchev–Trinajstić information content (AvgIpc) is 2.38. The Bertz CT molecular complexity index is 800. The molecule has 2 rings (SSSR count). The quantitative estimate of drug-likeness (QED) is 0.690. The molecular formula is C10H12N6O3. The summed E-state index contributed by atoms with van der Waals surface area (Å²) >= 11 is 0. The molecule has 0 saturated heterocycles. The van der Waals surface area contributed by atoms with Crippen LogP contribution in [0.3, 0.4) is 0 Å². The van der Waals surface area contributed by atoms with Gasteiger partial charge in [-0.2, -0.15) is 0 Å². The first-order valence-corrected chi connectivity index (χ1v) is 5.38. The number of H-pyrrole nitrogens is 1. The maximum Gasteiger partial charge on any atom is 0.332 e. The summed E-state index contributed by atoms with van der Waals surface area (Å²) in [4.78, 5) is 37.0. The van der Waals surface area contributed by atoms with E-state index in [1.165, 1.54) is 31.7 Å². The zero-order valence-electron chi connectivity index (χ0n) is 10.6. The molecule has 0 amide bonds. The molecule has 2 N–H and O–H groups in total. The predicted octanol–water partition coefficient (Wildman–Crippen LogP) is -1.39. The molecule has 0 fully saturated rings. The van der Waals surface area contributed by atoms with Crippen molar-refractivity contribution in [1.82, 2.24) is 24.3 Å². The molecular weight excluding hydrogens is 252 g/mol. The monoisotopic (exact) mass is 264 g/mol. The number of aromatic amines is 1. The fraction of sp³-hybridized carbons (Fsp3) is 0.300. The molecule has 0 bridgehead atoms. The van der Waals surface area contributed by atoms with Crippen LogP contribution in [0.4, 0.5) is 11.8 Å². The fourth-order valence-corrected chi connectivity index (χ4v) is 1.42. The third-order valence-electron chi connectivity index (χ3n) is 2.63. The van der Waals surface area contributed by atoms with Gasteiger partial charge in [0, 0.05) is 20.2 Å². The predicted molar refractivity (Wildman–Crippen MR) is 67.6 cm³/mol. The lowest BCUT2D eigenvalue weighted by atomic mass is 10.5. The van der Waals surface area contributed by atoms with E-state index in [1.54, 1.807) is 0 Å². The standard InChI is InChI=1S/C10H12N6O3/c1-5-8(18)12-9(14-13-5)11-6-4-7(17)16(3)10(19)15(6)2/h4H,1-3H3,(H2,11,12,14,18). The minimum absolute atomic E-state index is 0.0545. The zero-order chi connectivity index (χ0) is 14.2. The third kappa shape index (κ3) is 2.30. The summed E-state index contributed by atoms with van der Waals surface area (Å²) in [5, 5.41) is 10.0. The van der Waals surface area contributed by atoms with E-state index < -0.39 is 16.8 Å². The van der Waals surface area contributed by atoms with Crippen LogP contribution in [-0.2, 0) is 14.1 Å². The van der Waals surface area contributed by atoms with Gasteiger partial charge in [0.15, 0.2) is 0 Å². The van der Waals surface area contributed by atoms with Crippen LogP contribution in [0.5, 0.6) is 0 Å². The van der Waals surface area contributed by atoms with Gasteiger partial charge in [0.05, 0.1) is 0 Å². The highest BCUT2D eigenvalue weighted by Gasteiger charge is 2.07. The van der Waals surface area contributed by atoms with Gasteiger partial charge in [0.25, 0.3) is 11.1 Å². The van der Waals surface area contributed by atoms with Gasteiger partial charge < -0.3 is 5.32 Å². The van der Waals surface area contributed by atoms with Crippen molar-refractivity contribution in [2.24, 2.45) is 14.1 Å². The molecule has 0 aliphatic rings. The average molecular weight is 264 g/mol. The van der Waals surface area contributed by atoms with Crippen LogP contribution >= 0.6 is 0 Å². The van der Waals surface area contributed by atoms with Crippen LogP contribution in [0, 0.1) is 6.92 Å². The number of aromatic nitrogens is 5. The third-order valence-corrected chi connectivity index (χ3v) is 2.63. The largest absolute Gasteiger partial charge is 0.332 e. The molecule has 9 nitrogen and oxygen atoms in total. The molecule has 9 heteroatoms. The van der Waals surface area contributed by atoms with Gasteiger partial charge in [0.1, 0.15) is 11.5 Å². The Kier molecular flexibility index (Phi) is 3.03. The van der Waals surface area contributed by atoms with Gasteiger partial charge in [-0.1, -0.05) is 0 Å². The summed E-state index contributed by atoms with van der Waals surface area (Å²) in [6, 6.07) is 1.22. The highest BCUT2D eigenvalue weighted by Crippen LogP contribution is 2.04. The highest BCUT2D eigenvalue weighted by molar-refractivity contribution is 5.46. The van der Waals surface area contributed by atoms with E-state index in [-0.39, 0.29) is 17.5 Å². The summed E-state index contributed by atoms with van der Waals surface area (Å²) in [5.41, 5.74) is -1.12. The fourth-order valence-electron chi connectivity index (χ4n) is 1.42. The van der Waals surface area contributed by atoms with Gasteiger partial charge in [-0.3, -0.25) is 23.7 Å². The molecule has 0 aliphatic heterocycles.